The van der Waals surface area contributed by atoms with Gasteiger partial charge in [0.15, 0.2) is 11.2 Å². The number of hydrogen-bond acceptors (Lipinski definition) is 5. The second-order valence-corrected chi connectivity index (χ2v) is 3.72. The molecule has 1 unspecified atom stereocenters. The van der Waals surface area contributed by atoms with E-state index in [-0.39, 0.29) is 17.9 Å². The van der Waals surface area contributed by atoms with Crippen LogP contribution in [0.4, 0.5) is 5.69 Å². The first-order chi connectivity index (χ1) is 8.47. The number of alkyl halides is 1. The summed E-state index contributed by atoms with van der Waals surface area (Å²) in [7, 11) is 0. The van der Waals surface area contributed by atoms with Crippen LogP contribution < -0.4 is 0 Å². The maximum Gasteiger partial charge on any atom is 0.332 e. The number of nitro groups is 1. The zero-order chi connectivity index (χ0) is 13.7. The minimum atomic E-state index is -1.44. The summed E-state index contributed by atoms with van der Waals surface area (Å²) in [4.78, 5) is 32.8. The third kappa shape index (κ3) is 3.27. The van der Waals surface area contributed by atoms with E-state index in [9.17, 15) is 19.7 Å². The van der Waals surface area contributed by atoms with Crippen molar-refractivity contribution in [1.82, 2.24) is 0 Å². The van der Waals surface area contributed by atoms with E-state index in [1.54, 1.807) is 6.92 Å². The molecule has 6 nitrogen and oxygen atoms in total. The lowest BCUT2D eigenvalue weighted by Crippen LogP contribution is -2.26. The molecule has 1 atom stereocenters. The number of halogens is 1. The molecule has 7 heteroatoms. The smallest absolute Gasteiger partial charge is 0.332 e. The highest BCUT2D eigenvalue weighted by Crippen LogP contribution is 2.15. The first kappa shape index (κ1) is 14.1. The van der Waals surface area contributed by atoms with Crippen LogP contribution in [0.5, 0.6) is 0 Å². The first-order valence-electron chi connectivity index (χ1n) is 5.06. The molecule has 1 aromatic rings. The molecule has 0 saturated carbocycles. The minimum Gasteiger partial charge on any atom is -0.465 e. The molecular weight excluding hydrogens is 262 g/mol. The van der Waals surface area contributed by atoms with Gasteiger partial charge in [-0.15, -0.1) is 11.6 Å². The molecule has 0 amide bonds. The Labute approximate surface area is 108 Å². The van der Waals surface area contributed by atoms with Crippen LogP contribution in [0.15, 0.2) is 24.3 Å². The number of nitro benzene ring substituents is 1. The summed E-state index contributed by atoms with van der Waals surface area (Å²) in [6.45, 7) is 1.72. The van der Waals surface area contributed by atoms with Crippen molar-refractivity contribution in [3.8, 4) is 0 Å². The van der Waals surface area contributed by atoms with E-state index in [0.717, 1.165) is 0 Å². The van der Waals surface area contributed by atoms with Gasteiger partial charge in [-0.3, -0.25) is 14.9 Å². The lowest BCUT2D eigenvalue weighted by atomic mass is 10.1. The van der Waals surface area contributed by atoms with Crippen molar-refractivity contribution < 1.29 is 19.2 Å². The largest absolute Gasteiger partial charge is 0.465 e. The van der Waals surface area contributed by atoms with E-state index in [4.69, 9.17) is 11.6 Å². The number of ketones is 1. The van der Waals surface area contributed by atoms with Crippen LogP contribution in [0.25, 0.3) is 0 Å². The molecule has 0 aliphatic rings. The van der Waals surface area contributed by atoms with Gasteiger partial charge in [0.05, 0.1) is 11.5 Å². The maximum absolute atomic E-state index is 11.7. The number of carbonyl (C=O) groups excluding carboxylic acids is 2. The summed E-state index contributed by atoms with van der Waals surface area (Å²) < 4.78 is 4.61. The van der Waals surface area contributed by atoms with Crippen LogP contribution in [0, 0.1) is 10.1 Å². The quantitative estimate of drug-likeness (QED) is 0.204. The average Bonchev–Trinajstić information content (AvgIpc) is 2.37. The number of nitrogens with zero attached hydrogens (tertiary/aromatic N) is 1. The van der Waals surface area contributed by atoms with Gasteiger partial charge in [0, 0.05) is 17.7 Å². The predicted molar refractivity (Wildman–Crippen MR) is 63.7 cm³/mol. The summed E-state index contributed by atoms with van der Waals surface area (Å²) in [5.41, 5.74) is -0.0255. The Morgan fingerprint density at radius 1 is 1.39 bits per heavy atom. The number of esters is 1. The van der Waals surface area contributed by atoms with Gasteiger partial charge in [-0.05, 0) is 19.1 Å². The number of non-ortho nitro benzene ring substituents is 1. The number of benzene rings is 1. The second-order valence-electron chi connectivity index (χ2n) is 3.28. The zero-order valence-electron chi connectivity index (χ0n) is 9.46. The predicted octanol–water partition coefficient (Wildman–Crippen LogP) is 1.95. The summed E-state index contributed by atoms with van der Waals surface area (Å²) in [5.74, 6) is -1.48. The number of hydrogen-bond donors (Lipinski definition) is 0. The van der Waals surface area contributed by atoms with Crippen molar-refractivity contribution >= 4 is 29.0 Å². The van der Waals surface area contributed by atoms with Crippen molar-refractivity contribution in [1.29, 1.82) is 0 Å². The summed E-state index contributed by atoms with van der Waals surface area (Å²) in [5, 5.41) is 8.99. The van der Waals surface area contributed by atoms with Crippen molar-refractivity contribution in [3.63, 3.8) is 0 Å². The molecule has 0 spiro atoms. The molecule has 0 N–H and O–H groups in total. The Hall–Kier alpha value is -1.95. The summed E-state index contributed by atoms with van der Waals surface area (Å²) in [6.07, 6.45) is 0. The molecule has 0 bridgehead atoms. The van der Waals surface area contributed by atoms with Gasteiger partial charge < -0.3 is 4.74 Å². The molecule has 1 rings (SSSR count). The monoisotopic (exact) mass is 271 g/mol. The van der Waals surface area contributed by atoms with Gasteiger partial charge in [-0.25, -0.2) is 4.79 Å². The van der Waals surface area contributed by atoms with Crippen molar-refractivity contribution in [2.75, 3.05) is 6.61 Å². The first-order valence-corrected chi connectivity index (χ1v) is 5.50. The van der Waals surface area contributed by atoms with Gasteiger partial charge in [0.2, 0.25) is 0 Å². The number of rotatable bonds is 5. The highest BCUT2D eigenvalue weighted by molar-refractivity contribution is 6.43. The lowest BCUT2D eigenvalue weighted by Gasteiger charge is -2.07. The second kappa shape index (κ2) is 6.11. The fraction of sp³-hybridized carbons (Fsp3) is 0.273. The third-order valence-electron chi connectivity index (χ3n) is 2.09. The SMILES string of the molecule is CCOC(=O)C(Cl)C(=O)c1ccc([N+](=O)[O-])cc1. The van der Waals surface area contributed by atoms with Gasteiger partial charge in [0.25, 0.3) is 5.69 Å². The zero-order valence-corrected chi connectivity index (χ0v) is 10.2. The van der Waals surface area contributed by atoms with E-state index in [1.807, 2.05) is 0 Å². The van der Waals surface area contributed by atoms with Crippen LogP contribution in [0.1, 0.15) is 17.3 Å². The molecule has 0 saturated heterocycles. The number of Topliss-reactive ketones (excluding diaryl/α,β-unsaturated/α-hetero) is 1. The van der Waals surface area contributed by atoms with Crippen LogP contribution in [0.3, 0.4) is 0 Å². The van der Waals surface area contributed by atoms with Crippen molar-refractivity contribution in [2.45, 2.75) is 12.3 Å². The Balaban J connectivity index is 2.84. The topological polar surface area (TPSA) is 86.5 Å². The van der Waals surface area contributed by atoms with E-state index >= 15 is 0 Å². The van der Waals surface area contributed by atoms with Crippen LogP contribution in [-0.2, 0) is 9.53 Å². The van der Waals surface area contributed by atoms with E-state index < -0.39 is 22.1 Å². The van der Waals surface area contributed by atoms with Crippen LogP contribution in [0.2, 0.25) is 0 Å². The minimum absolute atomic E-state index is 0.119. The van der Waals surface area contributed by atoms with Gasteiger partial charge >= 0.3 is 5.97 Å². The Morgan fingerprint density at radius 3 is 2.39 bits per heavy atom. The standard InChI is InChI=1S/C11H10ClNO5/c1-2-18-11(15)9(12)10(14)7-3-5-8(6-4-7)13(16)17/h3-6,9H,2H2,1H3. The molecule has 0 fully saturated rings. The fourth-order valence-electron chi connectivity index (χ4n) is 1.22. The maximum atomic E-state index is 11.7. The highest BCUT2D eigenvalue weighted by atomic mass is 35.5. The molecule has 0 aliphatic heterocycles. The van der Waals surface area contributed by atoms with E-state index in [0.29, 0.717) is 0 Å². The molecule has 18 heavy (non-hydrogen) atoms. The molecule has 1 aromatic carbocycles. The Bertz CT molecular complexity index is 471. The van der Waals surface area contributed by atoms with Crippen molar-refractivity contribution in [2.24, 2.45) is 0 Å². The fourth-order valence-corrected chi connectivity index (χ4v) is 1.41. The lowest BCUT2D eigenvalue weighted by molar-refractivity contribution is -0.384. The molecule has 0 aliphatic carbocycles. The highest BCUT2D eigenvalue weighted by Gasteiger charge is 2.26. The number of carbonyl (C=O) groups is 2. The molecule has 0 aromatic heterocycles. The average molecular weight is 272 g/mol. The van der Waals surface area contributed by atoms with Gasteiger partial charge in [-0.1, -0.05) is 0 Å². The van der Waals surface area contributed by atoms with E-state index in [1.165, 1.54) is 24.3 Å². The normalized spacial score (nSPS) is 11.7. The number of ether oxygens (including phenoxy) is 1. The Morgan fingerprint density at radius 2 is 1.94 bits per heavy atom. The Kier molecular flexibility index (Phi) is 4.79. The van der Waals surface area contributed by atoms with Gasteiger partial charge in [0.1, 0.15) is 0 Å². The molecule has 0 radical (unpaired) electrons. The molecule has 0 heterocycles. The molecular formula is C11H10ClNO5. The van der Waals surface area contributed by atoms with Gasteiger partial charge in [-0.2, -0.15) is 0 Å². The third-order valence-corrected chi connectivity index (χ3v) is 2.46. The summed E-state index contributed by atoms with van der Waals surface area (Å²) >= 11 is 5.64. The van der Waals surface area contributed by atoms with Crippen molar-refractivity contribution in [3.05, 3.63) is 39.9 Å². The summed E-state index contributed by atoms with van der Waals surface area (Å²) in [6, 6.07) is 4.83. The van der Waals surface area contributed by atoms with Crippen LogP contribution >= 0.6 is 11.6 Å². The van der Waals surface area contributed by atoms with E-state index in [2.05, 4.69) is 4.74 Å². The van der Waals surface area contributed by atoms with Crippen LogP contribution in [-0.4, -0.2) is 28.7 Å². The molecule has 96 valence electrons.